The third kappa shape index (κ3) is 3.47. The minimum atomic E-state index is -4.53. The number of carbonyl (C=O) groups excluding carboxylic acids is 1. The molecule has 9 heteroatoms. The van der Waals surface area contributed by atoms with E-state index in [1.807, 2.05) is 0 Å². The second-order valence-corrected chi connectivity index (χ2v) is 7.37. The molecule has 0 unspecified atom stereocenters. The lowest BCUT2D eigenvalue weighted by molar-refractivity contribution is -0.145. The summed E-state index contributed by atoms with van der Waals surface area (Å²) in [5.41, 5.74) is 0.143. The molecule has 0 aromatic carbocycles. The van der Waals surface area contributed by atoms with Crippen molar-refractivity contribution in [2.24, 2.45) is 0 Å². The summed E-state index contributed by atoms with van der Waals surface area (Å²) in [5.74, 6) is -0.0856. The van der Waals surface area contributed by atoms with Crippen molar-refractivity contribution in [1.29, 1.82) is 0 Å². The lowest BCUT2D eigenvalue weighted by Crippen LogP contribution is -2.44. The Bertz CT molecular complexity index is 874. The van der Waals surface area contributed by atoms with Crippen LogP contribution in [0.15, 0.2) is 12.1 Å². The first-order valence-corrected chi connectivity index (χ1v) is 9.77. The van der Waals surface area contributed by atoms with Gasteiger partial charge in [-0.2, -0.15) is 18.3 Å². The Hall–Kier alpha value is -2.16. The first-order chi connectivity index (χ1) is 13.4. The minimum absolute atomic E-state index is 0.0856. The van der Waals surface area contributed by atoms with Gasteiger partial charge in [0.2, 0.25) is 0 Å². The number of piperidine rings is 1. The highest BCUT2D eigenvalue weighted by atomic mass is 19.4. The van der Waals surface area contributed by atoms with Crippen molar-refractivity contribution in [1.82, 2.24) is 19.5 Å². The average Bonchev–Trinajstić information content (AvgIpc) is 3.35. The van der Waals surface area contributed by atoms with Crippen molar-refractivity contribution in [3.05, 3.63) is 29.2 Å². The minimum Gasteiger partial charge on any atom is -0.368 e. The van der Waals surface area contributed by atoms with E-state index in [-0.39, 0.29) is 17.6 Å². The van der Waals surface area contributed by atoms with E-state index < -0.39 is 18.0 Å². The average molecular weight is 396 g/mol. The number of amides is 1. The van der Waals surface area contributed by atoms with Gasteiger partial charge in [0.1, 0.15) is 11.8 Å². The van der Waals surface area contributed by atoms with Crippen LogP contribution in [-0.4, -0.2) is 44.7 Å². The summed E-state index contributed by atoms with van der Waals surface area (Å²) in [5, 5.41) is 4.24. The molecule has 6 nitrogen and oxygen atoms in total. The van der Waals surface area contributed by atoms with Crippen LogP contribution in [0, 0.1) is 0 Å². The summed E-state index contributed by atoms with van der Waals surface area (Å²) in [6.45, 7) is 2.90. The van der Waals surface area contributed by atoms with Gasteiger partial charge < -0.3 is 9.64 Å². The number of alkyl halides is 3. The van der Waals surface area contributed by atoms with Gasteiger partial charge >= 0.3 is 6.18 Å². The molecule has 0 spiro atoms. The Labute approximate surface area is 160 Å². The van der Waals surface area contributed by atoms with Crippen LogP contribution in [0.25, 0.3) is 5.65 Å². The van der Waals surface area contributed by atoms with Gasteiger partial charge in [-0.15, -0.1) is 0 Å². The number of ether oxygens (including phenoxy) is 1. The van der Waals surface area contributed by atoms with Crippen molar-refractivity contribution < 1.29 is 22.7 Å². The molecule has 28 heavy (non-hydrogen) atoms. The largest absolute Gasteiger partial charge is 0.433 e. The van der Waals surface area contributed by atoms with Gasteiger partial charge in [-0.3, -0.25) is 4.79 Å². The molecule has 2 atom stereocenters. The zero-order valence-electron chi connectivity index (χ0n) is 15.7. The van der Waals surface area contributed by atoms with Crippen LogP contribution in [0.2, 0.25) is 0 Å². The predicted octanol–water partition coefficient (Wildman–Crippen LogP) is 3.54. The summed E-state index contributed by atoms with van der Waals surface area (Å²) >= 11 is 0. The highest BCUT2D eigenvalue weighted by Gasteiger charge is 2.38. The lowest BCUT2D eigenvalue weighted by atomic mass is 9.98. The topological polar surface area (TPSA) is 59.7 Å². The van der Waals surface area contributed by atoms with Gasteiger partial charge in [-0.05, 0) is 44.6 Å². The van der Waals surface area contributed by atoms with Crippen LogP contribution in [-0.2, 0) is 22.1 Å². The molecule has 1 amide bonds. The summed E-state index contributed by atoms with van der Waals surface area (Å²) < 4.78 is 47.0. The first kappa shape index (κ1) is 19.2. The van der Waals surface area contributed by atoms with Gasteiger partial charge in [0.05, 0.1) is 11.7 Å². The number of likely N-dealkylation sites (tertiary alicyclic amines) is 1. The highest BCUT2D eigenvalue weighted by molar-refractivity contribution is 5.81. The maximum absolute atomic E-state index is 13.5. The normalized spacial score (nSPS) is 23.5. The molecule has 0 aliphatic carbocycles. The van der Waals surface area contributed by atoms with Crippen molar-refractivity contribution in [3.8, 4) is 0 Å². The standard InChI is InChI=1S/C19H23F3N4O2/c1-2-12-10-16(19(20,21)22)26-17(23-12)11-13(24-26)14-6-3-4-8-25(14)18(27)15-7-5-9-28-15/h10-11,14-15H,2-9H2,1H3/t14-,15-/m0/s1. The van der Waals surface area contributed by atoms with E-state index in [9.17, 15) is 18.0 Å². The van der Waals surface area contributed by atoms with E-state index in [1.165, 1.54) is 0 Å². The van der Waals surface area contributed by atoms with Crippen LogP contribution in [0.1, 0.15) is 62.2 Å². The first-order valence-electron chi connectivity index (χ1n) is 9.77. The van der Waals surface area contributed by atoms with Gasteiger partial charge in [0.15, 0.2) is 5.65 Å². The van der Waals surface area contributed by atoms with Gasteiger partial charge in [-0.25, -0.2) is 9.50 Å². The molecule has 2 aliphatic heterocycles. The lowest BCUT2D eigenvalue weighted by Gasteiger charge is -2.36. The molecule has 0 radical (unpaired) electrons. The number of halogens is 3. The maximum atomic E-state index is 13.5. The fourth-order valence-electron chi connectivity index (χ4n) is 4.05. The molecule has 4 heterocycles. The summed E-state index contributed by atoms with van der Waals surface area (Å²) in [6, 6.07) is 2.28. The molecular formula is C19H23F3N4O2. The number of hydrogen-bond donors (Lipinski definition) is 0. The van der Waals surface area contributed by atoms with Gasteiger partial charge in [-0.1, -0.05) is 6.92 Å². The molecule has 2 aromatic rings. The van der Waals surface area contributed by atoms with E-state index in [0.29, 0.717) is 43.8 Å². The van der Waals surface area contributed by atoms with Gasteiger partial charge in [0.25, 0.3) is 5.91 Å². The molecule has 0 N–H and O–H groups in total. The molecule has 2 fully saturated rings. The molecule has 4 rings (SSSR count). The summed E-state index contributed by atoms with van der Waals surface area (Å²) in [7, 11) is 0. The smallest absolute Gasteiger partial charge is 0.368 e. The monoisotopic (exact) mass is 396 g/mol. The van der Waals surface area contributed by atoms with E-state index in [0.717, 1.165) is 29.8 Å². The molecule has 0 saturated carbocycles. The number of hydrogen-bond acceptors (Lipinski definition) is 4. The quantitative estimate of drug-likeness (QED) is 0.796. The molecule has 2 saturated heterocycles. The number of nitrogens with zero attached hydrogens (tertiary/aromatic N) is 4. The van der Waals surface area contributed by atoms with Crippen LogP contribution in [0.5, 0.6) is 0 Å². The van der Waals surface area contributed by atoms with Crippen LogP contribution in [0.3, 0.4) is 0 Å². The maximum Gasteiger partial charge on any atom is 0.433 e. The van der Waals surface area contributed by atoms with E-state index in [1.54, 1.807) is 17.9 Å². The number of fused-ring (bicyclic) bond motifs is 1. The Morgan fingerprint density at radius 3 is 2.75 bits per heavy atom. The zero-order valence-corrected chi connectivity index (χ0v) is 15.7. The number of rotatable bonds is 3. The summed E-state index contributed by atoms with van der Waals surface area (Å²) in [4.78, 5) is 18.9. The van der Waals surface area contributed by atoms with E-state index in [2.05, 4.69) is 10.1 Å². The Balaban J connectivity index is 1.73. The zero-order chi connectivity index (χ0) is 19.9. The van der Waals surface area contributed by atoms with Crippen molar-refractivity contribution in [2.75, 3.05) is 13.2 Å². The van der Waals surface area contributed by atoms with Crippen molar-refractivity contribution >= 4 is 11.6 Å². The van der Waals surface area contributed by atoms with Crippen LogP contribution in [0.4, 0.5) is 13.2 Å². The molecule has 0 bridgehead atoms. The highest BCUT2D eigenvalue weighted by Crippen LogP contribution is 2.35. The Morgan fingerprint density at radius 1 is 1.25 bits per heavy atom. The summed E-state index contributed by atoms with van der Waals surface area (Å²) in [6.07, 6.45) is -0.615. The molecular weight excluding hydrogens is 373 g/mol. The third-order valence-electron chi connectivity index (χ3n) is 5.48. The third-order valence-corrected chi connectivity index (χ3v) is 5.48. The molecule has 2 aromatic heterocycles. The number of aryl methyl sites for hydroxylation is 1. The van der Waals surface area contributed by atoms with Crippen molar-refractivity contribution in [2.45, 2.75) is 63.8 Å². The fraction of sp³-hybridized carbons (Fsp3) is 0.632. The second-order valence-electron chi connectivity index (χ2n) is 7.37. The van der Waals surface area contributed by atoms with E-state index >= 15 is 0 Å². The number of carbonyl (C=O) groups is 1. The van der Waals surface area contributed by atoms with Crippen LogP contribution < -0.4 is 0 Å². The molecule has 152 valence electrons. The fourth-order valence-corrected chi connectivity index (χ4v) is 4.05. The Kier molecular flexibility index (Phi) is 5.03. The second kappa shape index (κ2) is 7.35. The number of aromatic nitrogens is 3. The van der Waals surface area contributed by atoms with Crippen molar-refractivity contribution in [3.63, 3.8) is 0 Å². The van der Waals surface area contributed by atoms with E-state index in [4.69, 9.17) is 4.74 Å². The Morgan fingerprint density at radius 2 is 2.07 bits per heavy atom. The molecule has 2 aliphatic rings. The van der Waals surface area contributed by atoms with Gasteiger partial charge in [0, 0.05) is 24.9 Å². The predicted molar refractivity (Wildman–Crippen MR) is 94.6 cm³/mol. The SMILES string of the molecule is CCc1cc(C(F)(F)F)n2nc([C@@H]3CCCCN3C(=O)[C@@H]3CCCO3)cc2n1. The van der Waals surface area contributed by atoms with Crippen LogP contribution >= 0.6 is 0 Å².